The molecule has 5 nitrogen and oxygen atoms in total. The molecule has 0 fully saturated rings. The molecule has 0 amide bonds. The van der Waals surface area contributed by atoms with E-state index >= 15 is 0 Å². The fourth-order valence-electron chi connectivity index (χ4n) is 2.05. The fraction of sp³-hybridized carbons (Fsp3) is 0.267. The van der Waals surface area contributed by atoms with Crippen LogP contribution >= 0.6 is 23.6 Å². The molecular weight excluding hydrogens is 375 g/mol. The molecule has 1 N–H and O–H groups in total. The van der Waals surface area contributed by atoms with Crippen LogP contribution in [0.4, 0.5) is 18.3 Å². The van der Waals surface area contributed by atoms with Gasteiger partial charge in [0.2, 0.25) is 5.13 Å². The van der Waals surface area contributed by atoms with Crippen molar-refractivity contribution in [1.82, 2.24) is 9.99 Å². The number of nitrogens with one attached hydrogen (secondary N) is 1. The summed E-state index contributed by atoms with van der Waals surface area (Å²) >= 11 is 6.24. The number of halogens is 3. The number of aromatic nitrogens is 1. The first-order valence-electron chi connectivity index (χ1n) is 6.99. The summed E-state index contributed by atoms with van der Waals surface area (Å²) in [6.45, 7) is 0. The second-order valence-electron chi connectivity index (χ2n) is 4.90. The molecule has 25 heavy (non-hydrogen) atoms. The topological polar surface area (TPSA) is 54.5 Å². The predicted molar refractivity (Wildman–Crippen MR) is 92.2 cm³/mol. The van der Waals surface area contributed by atoms with E-state index in [0.717, 1.165) is 12.1 Å². The molecule has 1 aromatic carbocycles. The molecule has 1 atom stereocenters. The van der Waals surface area contributed by atoms with Gasteiger partial charge in [0.1, 0.15) is 0 Å². The van der Waals surface area contributed by atoms with Crippen LogP contribution in [-0.4, -0.2) is 34.6 Å². The highest BCUT2D eigenvalue weighted by atomic mass is 32.1. The molecule has 0 aliphatic carbocycles. The van der Waals surface area contributed by atoms with Gasteiger partial charge in [-0.15, -0.1) is 11.3 Å². The molecule has 2 rings (SSSR count). The number of thiocarbonyl (C=S) groups is 1. The van der Waals surface area contributed by atoms with Crippen molar-refractivity contribution >= 4 is 40.1 Å². The first-order chi connectivity index (χ1) is 11.8. The minimum absolute atomic E-state index is 0.107. The van der Waals surface area contributed by atoms with E-state index in [1.165, 1.54) is 41.1 Å². The molecule has 0 aliphatic heterocycles. The van der Waals surface area contributed by atoms with Crippen LogP contribution < -0.4 is 5.43 Å². The van der Waals surface area contributed by atoms with Gasteiger partial charge in [-0.2, -0.15) is 13.2 Å². The van der Waals surface area contributed by atoms with Gasteiger partial charge in [-0.05, 0) is 17.7 Å². The average molecular weight is 389 g/mol. The van der Waals surface area contributed by atoms with Gasteiger partial charge in [0.05, 0.1) is 18.2 Å². The number of hydrogen-bond donors (Lipinski definition) is 1. The maximum absolute atomic E-state index is 12.6. The summed E-state index contributed by atoms with van der Waals surface area (Å²) in [6.07, 6.45) is -2.72. The quantitative estimate of drug-likeness (QED) is 0.444. The van der Waals surface area contributed by atoms with Gasteiger partial charge in [-0.25, -0.2) is 9.78 Å². The third-order valence-corrected chi connectivity index (χ3v) is 4.19. The Labute approximate surface area is 151 Å². The number of rotatable bonds is 7. The molecule has 2 aromatic rings. The Morgan fingerprint density at radius 1 is 1.44 bits per heavy atom. The van der Waals surface area contributed by atoms with Crippen LogP contribution in [0.25, 0.3) is 0 Å². The number of carbonyl (C=O) groups excluding carboxylic acids is 1. The fourth-order valence-corrected chi connectivity index (χ4v) is 2.78. The Hall–Kier alpha value is -2.20. The SMILES string of the molecule is COC(=O)C(Cc1ccc(C(F)(F)F)cc1)N(C=S)Nc1nccs1. The van der Waals surface area contributed by atoms with Gasteiger partial charge in [0, 0.05) is 18.0 Å². The lowest BCUT2D eigenvalue weighted by molar-refractivity contribution is -0.145. The Morgan fingerprint density at radius 3 is 2.60 bits per heavy atom. The van der Waals surface area contributed by atoms with E-state index < -0.39 is 23.8 Å². The number of hydrogen-bond acceptors (Lipinski definition) is 6. The zero-order valence-corrected chi connectivity index (χ0v) is 14.6. The third kappa shape index (κ3) is 5.13. The van der Waals surface area contributed by atoms with E-state index in [4.69, 9.17) is 17.0 Å². The Balaban J connectivity index is 2.19. The molecule has 0 bridgehead atoms. The molecule has 0 saturated carbocycles. The molecule has 0 aliphatic rings. The molecule has 10 heteroatoms. The van der Waals surface area contributed by atoms with Gasteiger partial charge in [-0.3, -0.25) is 10.4 Å². The van der Waals surface area contributed by atoms with E-state index in [2.05, 4.69) is 10.4 Å². The number of ether oxygens (including phenoxy) is 1. The van der Waals surface area contributed by atoms with Crippen molar-refractivity contribution in [3.63, 3.8) is 0 Å². The van der Waals surface area contributed by atoms with Crippen LogP contribution in [0.3, 0.4) is 0 Å². The molecule has 0 spiro atoms. The number of nitrogens with zero attached hydrogens (tertiary/aromatic N) is 2. The van der Waals surface area contributed by atoms with Crippen molar-refractivity contribution in [3.05, 3.63) is 47.0 Å². The summed E-state index contributed by atoms with van der Waals surface area (Å²) in [5, 5.41) is 3.60. The van der Waals surface area contributed by atoms with Gasteiger partial charge in [0.25, 0.3) is 0 Å². The minimum atomic E-state index is -4.41. The van der Waals surface area contributed by atoms with Crippen LogP contribution in [0.15, 0.2) is 35.8 Å². The summed E-state index contributed by atoms with van der Waals surface area (Å²) in [5.41, 5.74) is 3.89. The summed E-state index contributed by atoms with van der Waals surface area (Å²) in [4.78, 5) is 16.1. The molecule has 134 valence electrons. The average Bonchev–Trinajstić information content (AvgIpc) is 3.10. The van der Waals surface area contributed by atoms with Crippen molar-refractivity contribution in [1.29, 1.82) is 0 Å². The number of thiazole rings is 1. The first-order valence-corrected chi connectivity index (χ1v) is 8.34. The highest BCUT2D eigenvalue weighted by Gasteiger charge is 2.31. The summed E-state index contributed by atoms with van der Waals surface area (Å²) < 4.78 is 42.7. The van der Waals surface area contributed by atoms with Crippen LogP contribution in [0.1, 0.15) is 11.1 Å². The second-order valence-corrected chi connectivity index (χ2v) is 6.00. The highest BCUT2D eigenvalue weighted by molar-refractivity contribution is 7.78. The second kappa shape index (κ2) is 8.26. The number of anilines is 1. The number of alkyl halides is 3. The van der Waals surface area contributed by atoms with E-state index in [9.17, 15) is 18.0 Å². The van der Waals surface area contributed by atoms with Gasteiger partial charge in [-0.1, -0.05) is 24.4 Å². The molecule has 1 heterocycles. The monoisotopic (exact) mass is 389 g/mol. The zero-order valence-electron chi connectivity index (χ0n) is 13.0. The number of methoxy groups -OCH3 is 1. The Bertz CT molecular complexity index is 706. The van der Waals surface area contributed by atoms with Crippen molar-refractivity contribution in [2.24, 2.45) is 0 Å². The van der Waals surface area contributed by atoms with E-state index in [1.807, 2.05) is 0 Å². The zero-order chi connectivity index (χ0) is 18.4. The Kier molecular flexibility index (Phi) is 6.32. The third-order valence-electron chi connectivity index (χ3n) is 3.29. The lowest BCUT2D eigenvalue weighted by Gasteiger charge is -2.27. The predicted octanol–water partition coefficient (Wildman–Crippen LogP) is 3.53. The number of hydrazine groups is 1. The van der Waals surface area contributed by atoms with Gasteiger partial charge in [0.15, 0.2) is 6.04 Å². The van der Waals surface area contributed by atoms with Crippen molar-refractivity contribution < 1.29 is 22.7 Å². The van der Waals surface area contributed by atoms with E-state index in [1.54, 1.807) is 11.6 Å². The summed E-state index contributed by atoms with van der Waals surface area (Å²) in [7, 11) is 1.23. The normalized spacial score (nSPS) is 12.3. The minimum Gasteiger partial charge on any atom is -0.467 e. The Morgan fingerprint density at radius 2 is 2.12 bits per heavy atom. The number of carbonyl (C=O) groups is 1. The van der Waals surface area contributed by atoms with Gasteiger partial charge < -0.3 is 4.74 Å². The summed E-state index contributed by atoms with van der Waals surface area (Å²) in [5.74, 6) is -0.579. The first kappa shape index (κ1) is 19.1. The largest absolute Gasteiger partial charge is 0.467 e. The number of esters is 1. The highest BCUT2D eigenvalue weighted by Crippen LogP contribution is 2.29. The lowest BCUT2D eigenvalue weighted by atomic mass is 10.0. The van der Waals surface area contributed by atoms with Crippen molar-refractivity contribution in [2.75, 3.05) is 12.5 Å². The van der Waals surface area contributed by atoms with Crippen LogP contribution in [0.2, 0.25) is 0 Å². The van der Waals surface area contributed by atoms with Crippen LogP contribution in [0, 0.1) is 0 Å². The maximum Gasteiger partial charge on any atom is 0.416 e. The number of benzene rings is 1. The standard InChI is InChI=1S/C15H14F3N3O2S2/c1-23-13(22)12(21(9-24)20-14-19-6-7-25-14)8-10-2-4-11(5-3-10)15(16,17)18/h2-7,9,12H,8H2,1H3,(H,19,20). The van der Waals surface area contributed by atoms with Crippen LogP contribution in [-0.2, 0) is 22.1 Å². The maximum atomic E-state index is 12.6. The molecule has 1 aromatic heterocycles. The van der Waals surface area contributed by atoms with E-state index in [0.29, 0.717) is 10.7 Å². The summed E-state index contributed by atoms with van der Waals surface area (Å²) in [6, 6.07) is 3.73. The molecule has 0 radical (unpaired) electrons. The molecular formula is C15H14F3N3O2S2. The molecule has 0 saturated heterocycles. The molecule has 1 unspecified atom stereocenters. The van der Waals surface area contributed by atoms with E-state index in [-0.39, 0.29) is 6.42 Å². The van der Waals surface area contributed by atoms with Crippen molar-refractivity contribution in [3.8, 4) is 0 Å². The lowest BCUT2D eigenvalue weighted by Crippen LogP contribution is -2.45. The van der Waals surface area contributed by atoms with Crippen LogP contribution in [0.5, 0.6) is 0 Å². The van der Waals surface area contributed by atoms with Gasteiger partial charge >= 0.3 is 12.1 Å². The smallest absolute Gasteiger partial charge is 0.416 e. The van der Waals surface area contributed by atoms with Crippen molar-refractivity contribution in [2.45, 2.75) is 18.6 Å².